The lowest BCUT2D eigenvalue weighted by Gasteiger charge is -2.56. The highest BCUT2D eigenvalue weighted by molar-refractivity contribution is 5.93. The first-order chi connectivity index (χ1) is 22.1. The van der Waals surface area contributed by atoms with Gasteiger partial charge in [0.1, 0.15) is 23.3 Å². The van der Waals surface area contributed by atoms with Crippen molar-refractivity contribution >= 4 is 17.8 Å². The van der Waals surface area contributed by atoms with E-state index in [1.54, 1.807) is 58.0 Å². The Morgan fingerprint density at radius 3 is 2.25 bits per heavy atom. The Balaban J connectivity index is 1.45. The second-order valence-corrected chi connectivity index (χ2v) is 15.1. The van der Waals surface area contributed by atoms with E-state index in [4.69, 9.17) is 9.47 Å². The molecule has 0 heterocycles. The highest BCUT2D eigenvalue weighted by Crippen LogP contribution is 2.70. The summed E-state index contributed by atoms with van der Waals surface area (Å²) in [6, 6.07) is 5.93. The topological polar surface area (TPSA) is 102 Å². The quantitative estimate of drug-likeness (QED) is 0.233. The molecule has 7 atom stereocenters. The molecule has 0 spiro atoms. The summed E-state index contributed by atoms with van der Waals surface area (Å²) in [6.07, 6.45) is -4.79. The fourth-order valence-corrected chi connectivity index (χ4v) is 8.60. The number of esters is 1. The highest BCUT2D eigenvalue weighted by atomic mass is 19.4. The molecule has 264 valence electrons. The fourth-order valence-electron chi connectivity index (χ4n) is 8.60. The summed E-state index contributed by atoms with van der Waals surface area (Å²) in [5, 5.41) is 13.9. The minimum Gasteiger partial charge on any atom is -0.456 e. The SMILES string of the molecule is CC(OC(=O)[C@H](C)NC(=O)OC(C)(C)C)c1ccc([C@H]2C[C@@]3(C)C(CC[C@@]3(O)C(F)(F)C(F)(F)F)C3CCC4=CC(=O)CCC4=C32)cc1. The Morgan fingerprint density at radius 1 is 1.00 bits per heavy atom. The van der Waals surface area contributed by atoms with Crippen LogP contribution in [0, 0.1) is 17.3 Å². The van der Waals surface area contributed by atoms with Crippen LogP contribution in [0.1, 0.15) is 110 Å². The molecular formula is C36H44F5NO6. The number of halogens is 5. The molecule has 2 fully saturated rings. The second kappa shape index (κ2) is 12.2. The van der Waals surface area contributed by atoms with Gasteiger partial charge in [0, 0.05) is 17.8 Å². The number of carbonyl (C=O) groups is 3. The lowest BCUT2D eigenvalue weighted by molar-refractivity contribution is -0.362. The first-order valence-electron chi connectivity index (χ1n) is 16.5. The number of benzene rings is 1. The zero-order chi connectivity index (χ0) is 35.6. The number of amides is 1. The van der Waals surface area contributed by atoms with Gasteiger partial charge in [-0.2, -0.15) is 22.0 Å². The van der Waals surface area contributed by atoms with E-state index in [9.17, 15) is 32.7 Å². The van der Waals surface area contributed by atoms with E-state index in [-0.39, 0.29) is 24.5 Å². The van der Waals surface area contributed by atoms with E-state index in [2.05, 4.69) is 5.32 Å². The van der Waals surface area contributed by atoms with E-state index < -0.39 is 71.2 Å². The van der Waals surface area contributed by atoms with Gasteiger partial charge in [-0.05, 0) is 113 Å². The van der Waals surface area contributed by atoms with Crippen LogP contribution in [-0.4, -0.2) is 52.3 Å². The van der Waals surface area contributed by atoms with E-state index in [1.807, 2.05) is 0 Å². The van der Waals surface area contributed by atoms with Crippen LogP contribution in [0.4, 0.5) is 26.7 Å². The molecule has 0 bridgehead atoms. The molecule has 1 aromatic rings. The van der Waals surface area contributed by atoms with Crippen molar-refractivity contribution in [2.75, 3.05) is 0 Å². The summed E-state index contributed by atoms with van der Waals surface area (Å²) < 4.78 is 82.7. The molecule has 0 saturated heterocycles. The second-order valence-electron chi connectivity index (χ2n) is 15.1. The van der Waals surface area contributed by atoms with Crippen LogP contribution in [0.25, 0.3) is 0 Å². The van der Waals surface area contributed by atoms with E-state index in [0.29, 0.717) is 36.8 Å². The third-order valence-electron chi connectivity index (χ3n) is 10.9. The largest absolute Gasteiger partial charge is 0.456 e. The summed E-state index contributed by atoms with van der Waals surface area (Å²) in [6.45, 7) is 9.57. The van der Waals surface area contributed by atoms with Crippen LogP contribution in [0.3, 0.4) is 0 Å². The van der Waals surface area contributed by atoms with Gasteiger partial charge >= 0.3 is 24.2 Å². The van der Waals surface area contributed by atoms with Crippen molar-refractivity contribution in [1.82, 2.24) is 5.32 Å². The van der Waals surface area contributed by atoms with Crippen LogP contribution in [-0.2, 0) is 19.1 Å². The van der Waals surface area contributed by atoms with Gasteiger partial charge in [-0.3, -0.25) is 4.79 Å². The number of hydrogen-bond donors (Lipinski definition) is 2. The predicted octanol–water partition coefficient (Wildman–Crippen LogP) is 8.03. The van der Waals surface area contributed by atoms with Gasteiger partial charge < -0.3 is 19.9 Å². The lowest BCUT2D eigenvalue weighted by Crippen LogP contribution is -2.65. The lowest BCUT2D eigenvalue weighted by atomic mass is 9.50. The van der Waals surface area contributed by atoms with Crippen LogP contribution >= 0.6 is 0 Å². The first-order valence-corrected chi connectivity index (χ1v) is 16.5. The van der Waals surface area contributed by atoms with Gasteiger partial charge in [0.2, 0.25) is 0 Å². The summed E-state index contributed by atoms with van der Waals surface area (Å²) in [5.41, 5.74) is -1.68. The molecule has 4 aliphatic carbocycles. The van der Waals surface area contributed by atoms with Crippen LogP contribution in [0.15, 0.2) is 47.1 Å². The van der Waals surface area contributed by atoms with Gasteiger partial charge in [-0.25, -0.2) is 9.59 Å². The number of fused-ring (bicyclic) bond motifs is 4. The predicted molar refractivity (Wildman–Crippen MR) is 166 cm³/mol. The van der Waals surface area contributed by atoms with Gasteiger partial charge in [0.15, 0.2) is 5.78 Å². The van der Waals surface area contributed by atoms with E-state index in [1.165, 1.54) is 13.8 Å². The number of ether oxygens (including phenoxy) is 2. The van der Waals surface area contributed by atoms with E-state index in [0.717, 1.165) is 16.7 Å². The molecule has 4 aliphatic rings. The zero-order valence-corrected chi connectivity index (χ0v) is 28.1. The molecule has 2 saturated carbocycles. The molecule has 1 aromatic carbocycles. The third-order valence-corrected chi connectivity index (χ3v) is 10.9. The number of aliphatic hydroxyl groups is 1. The molecule has 48 heavy (non-hydrogen) atoms. The number of alkyl halides is 5. The molecule has 0 aliphatic heterocycles. The van der Waals surface area contributed by atoms with Crippen LogP contribution < -0.4 is 5.32 Å². The zero-order valence-electron chi connectivity index (χ0n) is 28.1. The van der Waals surface area contributed by atoms with Crippen molar-refractivity contribution in [3.05, 3.63) is 58.2 Å². The monoisotopic (exact) mass is 681 g/mol. The minimum absolute atomic E-state index is 0.00793. The van der Waals surface area contributed by atoms with Crippen molar-refractivity contribution < 1.29 is 50.9 Å². The molecular weight excluding hydrogens is 637 g/mol. The summed E-state index contributed by atoms with van der Waals surface area (Å²) in [5.74, 6) is -7.50. The van der Waals surface area contributed by atoms with E-state index >= 15 is 8.78 Å². The average molecular weight is 682 g/mol. The molecule has 7 nitrogen and oxygen atoms in total. The standard InChI is InChI=1S/C36H44F5NO6/c1-19(42-31(45)48-32(3,4)5)30(44)47-20(2)21-7-9-22(10-8-21)27-18-33(6)28(15-16-34(33,46)35(37,38)36(39,40)41)26-13-11-23-17-24(43)12-14-25(23)29(26)27/h7-10,17,19-20,26-28,46H,11-16,18H2,1-6H3,(H,42,45)/t19-,20?,26?,27+,28?,33-,34-/m0/s1. The van der Waals surface area contributed by atoms with Crippen molar-refractivity contribution in [3.63, 3.8) is 0 Å². The van der Waals surface area contributed by atoms with Crippen LogP contribution in [0.2, 0.25) is 0 Å². The molecule has 0 radical (unpaired) electrons. The molecule has 3 unspecified atom stereocenters. The van der Waals surface area contributed by atoms with Crippen molar-refractivity contribution in [3.8, 4) is 0 Å². The Morgan fingerprint density at radius 2 is 1.65 bits per heavy atom. The van der Waals surface area contributed by atoms with Gasteiger partial charge in [-0.1, -0.05) is 36.8 Å². The van der Waals surface area contributed by atoms with Crippen molar-refractivity contribution in [1.29, 1.82) is 0 Å². The molecule has 0 aromatic heterocycles. The number of alkyl carbamates (subject to hydrolysis) is 1. The third kappa shape index (κ3) is 6.18. The maximum absolute atomic E-state index is 15.2. The van der Waals surface area contributed by atoms with Crippen LogP contribution in [0.5, 0.6) is 0 Å². The summed E-state index contributed by atoms with van der Waals surface area (Å²) >= 11 is 0. The summed E-state index contributed by atoms with van der Waals surface area (Å²) in [4.78, 5) is 37.1. The first kappa shape index (κ1) is 36.0. The number of nitrogens with one attached hydrogen (secondary N) is 1. The maximum Gasteiger partial charge on any atom is 0.456 e. The molecule has 2 N–H and O–H groups in total. The fraction of sp³-hybridized carbons (Fsp3) is 0.639. The number of hydrogen-bond acceptors (Lipinski definition) is 6. The van der Waals surface area contributed by atoms with Gasteiger partial charge in [0.25, 0.3) is 0 Å². The average Bonchev–Trinajstić information content (AvgIpc) is 3.26. The summed E-state index contributed by atoms with van der Waals surface area (Å²) in [7, 11) is 0. The van der Waals surface area contributed by atoms with Gasteiger partial charge in [-0.15, -0.1) is 0 Å². The minimum atomic E-state index is -5.92. The number of carbonyl (C=O) groups excluding carboxylic acids is 3. The number of allylic oxidation sites excluding steroid dienone is 4. The van der Waals surface area contributed by atoms with Crippen molar-refractivity contribution in [2.45, 2.75) is 128 Å². The Hall–Kier alpha value is -3.28. The molecule has 12 heteroatoms. The number of rotatable bonds is 6. The maximum atomic E-state index is 15.2. The molecule has 5 rings (SSSR count). The van der Waals surface area contributed by atoms with Gasteiger partial charge in [0.05, 0.1) is 0 Å². The highest BCUT2D eigenvalue weighted by Gasteiger charge is 2.79. The number of ketones is 1. The molecule has 1 amide bonds. The Kier molecular flexibility index (Phi) is 9.19. The van der Waals surface area contributed by atoms with Crippen molar-refractivity contribution in [2.24, 2.45) is 17.3 Å². The smallest absolute Gasteiger partial charge is 0.456 e. The Bertz CT molecular complexity index is 1530. The Labute approximate surface area is 277 Å². The normalized spacial score (nSPS) is 30.4.